The van der Waals surface area contributed by atoms with Gasteiger partial charge in [0.25, 0.3) is 0 Å². The number of thiol groups is 1. The molecule has 0 bridgehead atoms. The summed E-state index contributed by atoms with van der Waals surface area (Å²) < 4.78 is 4.54. The summed E-state index contributed by atoms with van der Waals surface area (Å²) in [6.07, 6.45) is 20.5. The van der Waals surface area contributed by atoms with E-state index in [-0.39, 0.29) is 0 Å². The van der Waals surface area contributed by atoms with Crippen LogP contribution in [-0.4, -0.2) is 10.3 Å². The van der Waals surface area contributed by atoms with Gasteiger partial charge >= 0.3 is 0 Å². The van der Waals surface area contributed by atoms with E-state index < -0.39 is 0 Å². The van der Waals surface area contributed by atoms with Crippen molar-refractivity contribution in [2.75, 3.05) is 5.75 Å². The summed E-state index contributed by atoms with van der Waals surface area (Å²) in [6, 6.07) is 0. The van der Waals surface area contributed by atoms with Crippen molar-refractivity contribution in [3.8, 4) is 0 Å². The van der Waals surface area contributed by atoms with Crippen molar-refractivity contribution >= 4 is 12.6 Å². The Morgan fingerprint density at radius 3 is 1.90 bits per heavy atom. The lowest BCUT2D eigenvalue weighted by Crippen LogP contribution is -2.28. The first-order valence-corrected chi connectivity index (χ1v) is 9.15. The first kappa shape index (κ1) is 17.6. The molecule has 0 spiro atoms. The highest BCUT2D eigenvalue weighted by atomic mass is 32.1. The van der Waals surface area contributed by atoms with Crippen LogP contribution in [-0.2, 0) is 13.1 Å². The molecule has 0 radical (unpaired) electrons. The molecule has 0 aliphatic heterocycles. The molecule has 0 unspecified atom stereocenters. The van der Waals surface area contributed by atoms with Crippen molar-refractivity contribution in [3.63, 3.8) is 0 Å². The van der Waals surface area contributed by atoms with Gasteiger partial charge in [-0.25, -0.2) is 9.13 Å². The second kappa shape index (κ2) is 12.3. The Labute approximate surface area is 131 Å². The molecule has 0 aromatic carbocycles. The van der Waals surface area contributed by atoms with Crippen LogP contribution in [0.1, 0.15) is 71.1 Å². The number of aromatic nitrogens is 2. The zero-order chi connectivity index (χ0) is 14.5. The average Bonchev–Trinajstić information content (AvgIpc) is 2.93. The normalized spacial score (nSPS) is 11.1. The van der Waals surface area contributed by atoms with Crippen LogP contribution in [0.4, 0.5) is 0 Å². The van der Waals surface area contributed by atoms with Crippen LogP contribution >= 0.6 is 12.6 Å². The molecule has 0 saturated heterocycles. The van der Waals surface area contributed by atoms with E-state index in [1.54, 1.807) is 0 Å². The van der Waals surface area contributed by atoms with Crippen molar-refractivity contribution in [2.45, 2.75) is 84.2 Å². The second-order valence-corrected chi connectivity index (χ2v) is 6.19. The zero-order valence-electron chi connectivity index (χ0n) is 13.3. The molecule has 2 nitrogen and oxygen atoms in total. The molecule has 3 heteroatoms. The van der Waals surface area contributed by atoms with Crippen LogP contribution < -0.4 is 4.57 Å². The van der Waals surface area contributed by atoms with Gasteiger partial charge in [-0.3, -0.25) is 0 Å². The Bertz CT molecular complexity index is 323. The van der Waals surface area contributed by atoms with E-state index >= 15 is 0 Å². The molecule has 1 heterocycles. The third-order valence-corrected chi connectivity index (χ3v) is 4.25. The van der Waals surface area contributed by atoms with Gasteiger partial charge in [0.1, 0.15) is 12.4 Å². The smallest absolute Gasteiger partial charge is 0.237 e. The number of hydrogen-bond acceptors (Lipinski definition) is 1. The molecule has 20 heavy (non-hydrogen) atoms. The monoisotopic (exact) mass is 297 g/mol. The van der Waals surface area contributed by atoms with Crippen LogP contribution in [0.5, 0.6) is 0 Å². The molecule has 1 rings (SSSR count). The third-order valence-electron chi connectivity index (χ3n) is 3.94. The zero-order valence-corrected chi connectivity index (χ0v) is 14.2. The highest BCUT2D eigenvalue weighted by molar-refractivity contribution is 7.80. The third kappa shape index (κ3) is 8.68. The van der Waals surface area contributed by atoms with Gasteiger partial charge in [-0.2, -0.15) is 12.6 Å². The maximum atomic E-state index is 4.24. The Balaban J connectivity index is 1.83. The van der Waals surface area contributed by atoms with E-state index in [9.17, 15) is 0 Å². The average molecular weight is 298 g/mol. The molecule has 0 aliphatic carbocycles. The topological polar surface area (TPSA) is 8.81 Å². The lowest BCUT2D eigenvalue weighted by molar-refractivity contribution is -0.693. The molecule has 0 atom stereocenters. The van der Waals surface area contributed by atoms with Gasteiger partial charge in [0.05, 0.1) is 13.1 Å². The van der Waals surface area contributed by atoms with Crippen molar-refractivity contribution in [3.05, 3.63) is 18.7 Å². The molecule has 0 saturated carbocycles. The van der Waals surface area contributed by atoms with Gasteiger partial charge in [0.15, 0.2) is 0 Å². The number of nitrogens with zero attached hydrogens (tertiary/aromatic N) is 2. The Hall–Kier alpha value is -0.440. The highest BCUT2D eigenvalue weighted by Crippen LogP contribution is 2.11. The molecule has 0 fully saturated rings. The van der Waals surface area contributed by atoms with Crippen LogP contribution in [0.25, 0.3) is 0 Å². The van der Waals surface area contributed by atoms with E-state index in [0.29, 0.717) is 0 Å². The highest BCUT2D eigenvalue weighted by Gasteiger charge is 2.00. The minimum Gasteiger partial charge on any atom is -0.237 e. The van der Waals surface area contributed by atoms with Gasteiger partial charge in [0.2, 0.25) is 6.33 Å². The second-order valence-electron chi connectivity index (χ2n) is 5.74. The van der Waals surface area contributed by atoms with Crippen LogP contribution in [0, 0.1) is 0 Å². The maximum Gasteiger partial charge on any atom is 0.243 e. The standard InChI is InChI=1S/C17H32N2S/c1-2-18-14-15-19(17-18)13-11-9-7-5-3-4-6-8-10-12-16-20/h14-15,17H,2-13,16H2,1H3/p+1. The number of hydrogen-bond donors (Lipinski definition) is 1. The largest absolute Gasteiger partial charge is 0.243 e. The summed E-state index contributed by atoms with van der Waals surface area (Å²) in [7, 11) is 0. The fraction of sp³-hybridized carbons (Fsp3) is 0.824. The molecular weight excluding hydrogens is 264 g/mol. The Morgan fingerprint density at radius 1 is 0.850 bits per heavy atom. The molecule has 0 amide bonds. The minimum atomic E-state index is 1.06. The van der Waals surface area contributed by atoms with E-state index in [1.165, 1.54) is 70.8 Å². The van der Waals surface area contributed by atoms with Gasteiger partial charge in [-0.15, -0.1) is 0 Å². The summed E-state index contributed by atoms with van der Waals surface area (Å²) in [4.78, 5) is 0. The Kier molecular flexibility index (Phi) is 10.8. The quantitative estimate of drug-likeness (QED) is 0.309. The SMILES string of the molecule is CC[n+]1ccn(CCCCCCCCCCCCS)c1. The van der Waals surface area contributed by atoms with Crippen molar-refractivity contribution in [2.24, 2.45) is 0 Å². The van der Waals surface area contributed by atoms with E-state index in [4.69, 9.17) is 0 Å². The van der Waals surface area contributed by atoms with E-state index in [0.717, 1.165) is 12.3 Å². The predicted octanol–water partition coefficient (Wildman–Crippen LogP) is 4.63. The van der Waals surface area contributed by atoms with Gasteiger partial charge in [-0.05, 0) is 31.9 Å². The summed E-state index contributed by atoms with van der Waals surface area (Å²) in [5.41, 5.74) is 0. The van der Waals surface area contributed by atoms with Crippen LogP contribution in [0.2, 0.25) is 0 Å². The summed E-state index contributed by atoms with van der Waals surface area (Å²) in [6.45, 7) is 4.43. The first-order valence-electron chi connectivity index (χ1n) is 8.52. The van der Waals surface area contributed by atoms with Crippen LogP contribution in [0.15, 0.2) is 18.7 Å². The summed E-state index contributed by atoms with van der Waals surface area (Å²) >= 11 is 4.24. The molecule has 116 valence electrons. The molecule has 1 aromatic heterocycles. The lowest BCUT2D eigenvalue weighted by atomic mass is 10.1. The summed E-state index contributed by atoms with van der Waals surface area (Å²) in [5.74, 6) is 1.06. The van der Waals surface area contributed by atoms with Crippen molar-refractivity contribution in [1.82, 2.24) is 4.57 Å². The fourth-order valence-corrected chi connectivity index (χ4v) is 2.80. The van der Waals surface area contributed by atoms with E-state index in [1.807, 2.05) is 0 Å². The van der Waals surface area contributed by atoms with Crippen LogP contribution in [0.3, 0.4) is 0 Å². The van der Waals surface area contributed by atoms with Crippen molar-refractivity contribution < 1.29 is 4.57 Å². The van der Waals surface area contributed by atoms with Gasteiger partial charge < -0.3 is 0 Å². The van der Waals surface area contributed by atoms with E-state index in [2.05, 4.69) is 47.4 Å². The fourth-order valence-electron chi connectivity index (χ4n) is 2.58. The summed E-state index contributed by atoms with van der Waals surface area (Å²) in [5, 5.41) is 0. The van der Waals surface area contributed by atoms with Gasteiger partial charge in [0, 0.05) is 0 Å². The predicted molar refractivity (Wildman–Crippen MR) is 90.3 cm³/mol. The minimum absolute atomic E-state index is 1.06. The van der Waals surface area contributed by atoms with Crippen molar-refractivity contribution in [1.29, 1.82) is 0 Å². The molecule has 0 aliphatic rings. The maximum absolute atomic E-state index is 4.24. The molecule has 1 aromatic rings. The first-order chi connectivity index (χ1) is 9.86. The van der Waals surface area contributed by atoms with Gasteiger partial charge in [-0.1, -0.05) is 44.9 Å². The molecule has 0 N–H and O–H groups in total. The molecular formula is C17H33N2S+. The lowest BCUT2D eigenvalue weighted by Gasteiger charge is -2.02. The number of imidazole rings is 1. The Morgan fingerprint density at radius 2 is 1.40 bits per heavy atom. The number of unbranched alkanes of at least 4 members (excludes halogenated alkanes) is 9. The number of rotatable bonds is 13. The number of aryl methyl sites for hydroxylation is 2.